The van der Waals surface area contributed by atoms with Crippen LogP contribution in [0.25, 0.3) is 0 Å². The largest absolute Gasteiger partial charge is 0.311 e. The van der Waals surface area contributed by atoms with Crippen LogP contribution in [0.15, 0.2) is 12.4 Å². The molecule has 0 spiro atoms. The lowest BCUT2D eigenvalue weighted by Gasteiger charge is -2.38. The number of aryl methyl sites for hydroxylation is 1. The summed E-state index contributed by atoms with van der Waals surface area (Å²) in [4.78, 5) is 2.54. The molecule has 0 aromatic carbocycles. The van der Waals surface area contributed by atoms with Gasteiger partial charge in [0.2, 0.25) is 0 Å². The van der Waals surface area contributed by atoms with E-state index in [0.29, 0.717) is 6.04 Å². The quantitative estimate of drug-likeness (QED) is 0.884. The first-order valence-electron chi connectivity index (χ1n) is 7.10. The van der Waals surface area contributed by atoms with Gasteiger partial charge in [-0.05, 0) is 39.7 Å². The zero-order valence-electron chi connectivity index (χ0n) is 11.6. The normalized spacial score (nSPS) is 33.0. The lowest BCUT2D eigenvalue weighted by atomic mass is 9.96. The highest BCUT2D eigenvalue weighted by atomic mass is 15.3. The summed E-state index contributed by atoms with van der Waals surface area (Å²) in [5.41, 5.74) is 1.32. The highest BCUT2D eigenvalue weighted by molar-refractivity contribution is 5.10. The van der Waals surface area contributed by atoms with Crippen molar-refractivity contribution in [1.82, 2.24) is 20.0 Å². The van der Waals surface area contributed by atoms with Crippen LogP contribution in [0.3, 0.4) is 0 Å². The van der Waals surface area contributed by atoms with Crippen LogP contribution in [-0.4, -0.2) is 39.9 Å². The fourth-order valence-corrected chi connectivity index (χ4v) is 3.57. The van der Waals surface area contributed by atoms with Crippen LogP contribution in [0.5, 0.6) is 0 Å². The predicted octanol–water partition coefficient (Wildman–Crippen LogP) is 1.70. The summed E-state index contributed by atoms with van der Waals surface area (Å²) in [6.45, 7) is 2.29. The maximum absolute atomic E-state index is 4.29. The van der Waals surface area contributed by atoms with Crippen molar-refractivity contribution in [2.45, 2.75) is 56.8 Å². The Balaban J connectivity index is 1.68. The fourth-order valence-electron chi connectivity index (χ4n) is 3.57. The molecule has 0 amide bonds. The first-order chi connectivity index (χ1) is 8.63. The van der Waals surface area contributed by atoms with Crippen molar-refractivity contribution in [3.05, 3.63) is 18.0 Å². The van der Waals surface area contributed by atoms with E-state index in [2.05, 4.69) is 35.5 Å². The fraction of sp³-hybridized carbons (Fsp3) is 0.786. The smallest absolute Gasteiger partial charge is 0.0537 e. The maximum atomic E-state index is 4.29. The Morgan fingerprint density at radius 1 is 1.39 bits per heavy atom. The van der Waals surface area contributed by atoms with E-state index in [1.54, 1.807) is 0 Å². The van der Waals surface area contributed by atoms with Gasteiger partial charge in [0.15, 0.2) is 0 Å². The zero-order valence-corrected chi connectivity index (χ0v) is 11.6. The Hall–Kier alpha value is -0.870. The molecule has 2 aliphatic rings. The Morgan fingerprint density at radius 3 is 2.61 bits per heavy atom. The minimum absolute atomic E-state index is 0.459. The number of hydrogen-bond acceptors (Lipinski definition) is 3. The number of fused-ring (bicyclic) bond motifs is 2. The summed E-state index contributed by atoms with van der Waals surface area (Å²) in [6.07, 6.45) is 9.48. The van der Waals surface area contributed by atoms with E-state index in [0.717, 1.165) is 18.1 Å². The van der Waals surface area contributed by atoms with Gasteiger partial charge in [-0.3, -0.25) is 9.58 Å². The Bertz CT molecular complexity index is 402. The van der Waals surface area contributed by atoms with Crippen molar-refractivity contribution in [3.8, 4) is 0 Å². The molecular formula is C14H24N4. The highest BCUT2D eigenvalue weighted by Crippen LogP contribution is 2.32. The second-order valence-corrected chi connectivity index (χ2v) is 6.05. The standard InChI is InChI=1S/C14H24N4/c1-10(11-8-15-17(2)9-11)18(3)14-6-12-4-5-13(7-14)16-12/h8-10,12-14,16H,4-7H2,1-3H3. The number of hydrogen-bond donors (Lipinski definition) is 1. The average molecular weight is 248 g/mol. The highest BCUT2D eigenvalue weighted by Gasteiger charge is 2.36. The summed E-state index contributed by atoms with van der Waals surface area (Å²) in [7, 11) is 4.26. The van der Waals surface area contributed by atoms with Gasteiger partial charge in [0.05, 0.1) is 6.20 Å². The summed E-state index contributed by atoms with van der Waals surface area (Å²) in [5.74, 6) is 0. The van der Waals surface area contributed by atoms with E-state index in [4.69, 9.17) is 0 Å². The summed E-state index contributed by atoms with van der Waals surface area (Å²) >= 11 is 0. The predicted molar refractivity (Wildman–Crippen MR) is 72.4 cm³/mol. The molecule has 3 atom stereocenters. The number of nitrogens with one attached hydrogen (secondary N) is 1. The molecule has 1 aromatic rings. The molecule has 0 radical (unpaired) electrons. The van der Waals surface area contributed by atoms with E-state index in [1.165, 1.54) is 31.2 Å². The van der Waals surface area contributed by atoms with Gasteiger partial charge in [-0.15, -0.1) is 0 Å². The molecule has 2 bridgehead atoms. The van der Waals surface area contributed by atoms with Crippen LogP contribution in [-0.2, 0) is 7.05 Å². The van der Waals surface area contributed by atoms with E-state index in [1.807, 2.05) is 17.9 Å². The lowest BCUT2D eigenvalue weighted by molar-refractivity contribution is 0.132. The Labute approximate surface area is 109 Å². The summed E-state index contributed by atoms with van der Waals surface area (Å²) in [5, 5.41) is 8.00. The van der Waals surface area contributed by atoms with E-state index in [9.17, 15) is 0 Å². The van der Waals surface area contributed by atoms with E-state index >= 15 is 0 Å². The molecule has 2 fully saturated rings. The van der Waals surface area contributed by atoms with Crippen molar-refractivity contribution in [1.29, 1.82) is 0 Å². The second-order valence-electron chi connectivity index (χ2n) is 6.05. The molecule has 0 aliphatic carbocycles. The van der Waals surface area contributed by atoms with Gasteiger partial charge in [-0.1, -0.05) is 0 Å². The molecule has 4 nitrogen and oxygen atoms in total. The molecule has 3 rings (SSSR count). The van der Waals surface area contributed by atoms with Gasteiger partial charge in [0, 0.05) is 43.0 Å². The molecule has 4 heteroatoms. The van der Waals surface area contributed by atoms with Crippen molar-refractivity contribution in [3.63, 3.8) is 0 Å². The molecule has 1 N–H and O–H groups in total. The molecule has 2 aliphatic heterocycles. The van der Waals surface area contributed by atoms with Crippen molar-refractivity contribution in [2.75, 3.05) is 7.05 Å². The number of aromatic nitrogens is 2. The molecule has 0 saturated carbocycles. The number of nitrogens with zero attached hydrogens (tertiary/aromatic N) is 3. The van der Waals surface area contributed by atoms with Crippen LogP contribution in [0.4, 0.5) is 0 Å². The summed E-state index contributed by atoms with van der Waals surface area (Å²) in [6, 6.07) is 2.70. The first-order valence-corrected chi connectivity index (χ1v) is 7.10. The van der Waals surface area contributed by atoms with Gasteiger partial charge in [0.1, 0.15) is 0 Å². The first kappa shape index (κ1) is 12.2. The van der Waals surface area contributed by atoms with Gasteiger partial charge in [-0.2, -0.15) is 5.10 Å². The summed E-state index contributed by atoms with van der Waals surface area (Å²) < 4.78 is 1.89. The topological polar surface area (TPSA) is 33.1 Å². The Kier molecular flexibility index (Phi) is 3.16. The van der Waals surface area contributed by atoms with E-state index in [-0.39, 0.29) is 0 Å². The lowest BCUT2D eigenvalue weighted by Crippen LogP contribution is -2.47. The molecule has 2 saturated heterocycles. The number of piperidine rings is 1. The monoisotopic (exact) mass is 248 g/mol. The van der Waals surface area contributed by atoms with E-state index < -0.39 is 0 Å². The minimum atomic E-state index is 0.459. The van der Waals surface area contributed by atoms with Crippen LogP contribution < -0.4 is 5.32 Å². The molecule has 3 heterocycles. The Morgan fingerprint density at radius 2 is 2.06 bits per heavy atom. The molecule has 18 heavy (non-hydrogen) atoms. The van der Waals surface area contributed by atoms with Gasteiger partial charge < -0.3 is 5.32 Å². The van der Waals surface area contributed by atoms with Gasteiger partial charge in [0.25, 0.3) is 0 Å². The molecule has 1 aromatic heterocycles. The van der Waals surface area contributed by atoms with Crippen LogP contribution in [0.1, 0.15) is 44.2 Å². The van der Waals surface area contributed by atoms with Crippen LogP contribution >= 0.6 is 0 Å². The SMILES string of the molecule is CC(c1cnn(C)c1)N(C)C1CC2CCC(C1)N2. The minimum Gasteiger partial charge on any atom is -0.311 e. The van der Waals surface area contributed by atoms with Crippen LogP contribution in [0, 0.1) is 0 Å². The second kappa shape index (κ2) is 4.67. The third-order valence-electron chi connectivity index (χ3n) is 4.84. The molecule has 3 unspecified atom stereocenters. The third kappa shape index (κ3) is 2.19. The van der Waals surface area contributed by atoms with Crippen molar-refractivity contribution in [2.24, 2.45) is 7.05 Å². The van der Waals surface area contributed by atoms with Gasteiger partial charge in [-0.25, -0.2) is 0 Å². The van der Waals surface area contributed by atoms with Crippen molar-refractivity contribution < 1.29 is 0 Å². The molecule has 100 valence electrons. The molecular weight excluding hydrogens is 224 g/mol. The van der Waals surface area contributed by atoms with Crippen LogP contribution in [0.2, 0.25) is 0 Å². The maximum Gasteiger partial charge on any atom is 0.0537 e. The third-order valence-corrected chi connectivity index (χ3v) is 4.84. The van der Waals surface area contributed by atoms with Gasteiger partial charge >= 0.3 is 0 Å². The average Bonchev–Trinajstić information content (AvgIpc) is 2.94. The zero-order chi connectivity index (χ0) is 12.7. The number of rotatable bonds is 3. The van der Waals surface area contributed by atoms with Crippen molar-refractivity contribution >= 4 is 0 Å².